The van der Waals surface area contributed by atoms with Crippen LogP contribution >= 0.6 is 0 Å². The normalized spacial score (nSPS) is 36.3. The molecule has 5 fully saturated rings. The minimum atomic E-state index is -1.20. The van der Waals surface area contributed by atoms with Gasteiger partial charge in [-0.25, -0.2) is 4.39 Å². The summed E-state index contributed by atoms with van der Waals surface area (Å²) in [6.07, 6.45) is 6.15. The van der Waals surface area contributed by atoms with E-state index in [0.717, 1.165) is 104 Å². The molecule has 0 aromatic rings. The zero-order valence-electron chi connectivity index (χ0n) is 24.3. The number of halogens is 1. The van der Waals surface area contributed by atoms with Gasteiger partial charge in [-0.2, -0.15) is 0 Å². The summed E-state index contributed by atoms with van der Waals surface area (Å²) >= 11 is 0. The van der Waals surface area contributed by atoms with E-state index in [1.165, 1.54) is 0 Å². The summed E-state index contributed by atoms with van der Waals surface area (Å²) < 4.78 is 33.4. The molecule has 0 aromatic carbocycles. The molecule has 6 aliphatic rings. The maximum atomic E-state index is 15.9. The second-order valence-corrected chi connectivity index (χ2v) is 12.5. The largest absolute Gasteiger partial charge is 0.379 e. The number of carbonyl (C=O) groups is 2. The van der Waals surface area contributed by atoms with Crippen molar-refractivity contribution in [1.29, 1.82) is 0 Å². The Morgan fingerprint density at radius 1 is 0.951 bits per heavy atom. The first-order chi connectivity index (χ1) is 20.1. The van der Waals surface area contributed by atoms with E-state index in [1.54, 1.807) is 0 Å². The Kier molecular flexibility index (Phi) is 9.89. The Morgan fingerprint density at radius 3 is 2.32 bits per heavy atom. The van der Waals surface area contributed by atoms with Crippen molar-refractivity contribution in [3.63, 3.8) is 0 Å². The molecule has 2 N–H and O–H groups in total. The topological polar surface area (TPSA) is 95.6 Å². The van der Waals surface area contributed by atoms with Crippen LogP contribution in [0.5, 0.6) is 0 Å². The molecule has 41 heavy (non-hydrogen) atoms. The molecule has 0 radical (unpaired) electrons. The number of morpholine rings is 3. The number of nitrogens with zero attached hydrogens (tertiary/aromatic N) is 3. The van der Waals surface area contributed by atoms with Crippen molar-refractivity contribution in [2.75, 3.05) is 78.8 Å². The van der Waals surface area contributed by atoms with Gasteiger partial charge in [0.2, 0.25) is 0 Å². The Labute approximate surface area is 243 Å². The highest BCUT2D eigenvalue weighted by molar-refractivity contribution is 6.20. The molecule has 2 saturated carbocycles. The standard InChI is InChI=1S/C30H48FN5O5/c31-23-19-21-27-29(26(23)32-7-3-9-34-11-15-39-16-12-34)41-25-6-2-1-5-24(25)36(27)20-22(28(21)37)30(38)33-8-4-10-35-13-17-40-18-14-35/h20-21,23-27,29,32H,1-19H2,(H,33,38). The molecule has 230 valence electrons. The summed E-state index contributed by atoms with van der Waals surface area (Å²) in [4.78, 5) is 34.0. The van der Waals surface area contributed by atoms with Crippen LogP contribution in [0.1, 0.15) is 44.9 Å². The first-order valence-electron chi connectivity index (χ1n) is 16.0. The summed E-state index contributed by atoms with van der Waals surface area (Å²) in [6.45, 7) is 9.82. The second kappa shape index (κ2) is 13.8. The van der Waals surface area contributed by atoms with Gasteiger partial charge in [0.1, 0.15) is 6.17 Å². The van der Waals surface area contributed by atoms with Crippen LogP contribution < -0.4 is 10.6 Å². The van der Waals surface area contributed by atoms with E-state index in [0.29, 0.717) is 13.1 Å². The third-order valence-corrected chi connectivity index (χ3v) is 10.00. The van der Waals surface area contributed by atoms with Crippen LogP contribution in [-0.4, -0.2) is 142 Å². The number of Topliss-reactive ketones (excluding diaryl/α,β-unsaturated/α-hetero) is 1. The molecular weight excluding hydrogens is 529 g/mol. The molecule has 4 heterocycles. The zero-order chi connectivity index (χ0) is 28.2. The van der Waals surface area contributed by atoms with Gasteiger partial charge in [-0.05, 0) is 51.7 Å². The van der Waals surface area contributed by atoms with Crippen LogP contribution in [0, 0.1) is 5.92 Å². The Hall–Kier alpha value is -1.63. The second-order valence-electron chi connectivity index (χ2n) is 12.5. The first-order valence-corrected chi connectivity index (χ1v) is 16.0. The number of hydrogen-bond acceptors (Lipinski definition) is 9. The summed E-state index contributed by atoms with van der Waals surface area (Å²) in [5.74, 6) is -1.12. The molecule has 6 rings (SSSR count). The van der Waals surface area contributed by atoms with Crippen LogP contribution in [0.15, 0.2) is 11.8 Å². The first kappa shape index (κ1) is 29.4. The minimum Gasteiger partial charge on any atom is -0.379 e. The average molecular weight is 578 g/mol. The number of ether oxygens (including phenoxy) is 3. The van der Waals surface area contributed by atoms with E-state index >= 15 is 4.39 Å². The average Bonchev–Trinajstić information content (AvgIpc) is 3.00. The lowest BCUT2D eigenvalue weighted by Crippen LogP contribution is -2.72. The summed E-state index contributed by atoms with van der Waals surface area (Å²) in [5, 5.41) is 6.48. The number of rotatable bonds is 10. The molecule has 7 unspecified atom stereocenters. The molecule has 0 bridgehead atoms. The fraction of sp³-hybridized carbons (Fsp3) is 0.867. The van der Waals surface area contributed by atoms with E-state index in [1.807, 2.05) is 6.20 Å². The van der Waals surface area contributed by atoms with Gasteiger partial charge in [0.05, 0.1) is 62.3 Å². The monoisotopic (exact) mass is 577 g/mol. The predicted octanol–water partition coefficient (Wildman–Crippen LogP) is 0.711. The molecule has 2 aliphatic carbocycles. The molecule has 3 saturated heterocycles. The fourth-order valence-electron chi connectivity index (χ4n) is 7.81. The number of nitrogens with one attached hydrogen (secondary N) is 2. The molecule has 10 nitrogen and oxygen atoms in total. The van der Waals surface area contributed by atoms with Gasteiger partial charge in [-0.15, -0.1) is 0 Å². The van der Waals surface area contributed by atoms with Crippen LogP contribution in [-0.2, 0) is 23.8 Å². The van der Waals surface area contributed by atoms with Crippen molar-refractivity contribution in [1.82, 2.24) is 25.3 Å². The molecule has 4 aliphatic heterocycles. The van der Waals surface area contributed by atoms with E-state index in [2.05, 4.69) is 25.3 Å². The van der Waals surface area contributed by atoms with Gasteiger partial charge in [0.25, 0.3) is 5.91 Å². The molecule has 1 amide bonds. The van der Waals surface area contributed by atoms with E-state index < -0.39 is 24.2 Å². The number of hydrogen-bond donors (Lipinski definition) is 2. The van der Waals surface area contributed by atoms with E-state index in [4.69, 9.17) is 14.2 Å². The van der Waals surface area contributed by atoms with Gasteiger partial charge < -0.3 is 29.7 Å². The van der Waals surface area contributed by atoms with Crippen LogP contribution in [0.4, 0.5) is 4.39 Å². The lowest BCUT2D eigenvalue weighted by molar-refractivity contribution is -0.197. The van der Waals surface area contributed by atoms with Crippen molar-refractivity contribution >= 4 is 11.7 Å². The molecule has 0 spiro atoms. The van der Waals surface area contributed by atoms with Crippen molar-refractivity contribution in [2.24, 2.45) is 5.92 Å². The van der Waals surface area contributed by atoms with Crippen LogP contribution in [0.25, 0.3) is 0 Å². The Balaban J connectivity index is 1.11. The molecule has 7 atom stereocenters. The van der Waals surface area contributed by atoms with Crippen LogP contribution in [0.2, 0.25) is 0 Å². The van der Waals surface area contributed by atoms with Crippen molar-refractivity contribution < 1.29 is 28.2 Å². The van der Waals surface area contributed by atoms with Crippen LogP contribution in [0.3, 0.4) is 0 Å². The number of alkyl halides is 1. The third kappa shape index (κ3) is 6.65. The quantitative estimate of drug-likeness (QED) is 0.288. The molecule has 11 heteroatoms. The van der Waals surface area contributed by atoms with Gasteiger partial charge in [-0.3, -0.25) is 19.4 Å². The Morgan fingerprint density at radius 2 is 1.61 bits per heavy atom. The van der Waals surface area contributed by atoms with Gasteiger partial charge in [-0.1, -0.05) is 12.8 Å². The lowest BCUT2D eigenvalue weighted by atomic mass is 9.69. The van der Waals surface area contributed by atoms with E-state index in [-0.39, 0.29) is 41.9 Å². The maximum absolute atomic E-state index is 15.9. The smallest absolute Gasteiger partial charge is 0.256 e. The Bertz CT molecular complexity index is 942. The van der Waals surface area contributed by atoms with Crippen molar-refractivity contribution in [3.8, 4) is 0 Å². The van der Waals surface area contributed by atoms with Gasteiger partial charge in [0.15, 0.2) is 5.78 Å². The highest BCUT2D eigenvalue weighted by Gasteiger charge is 2.58. The summed E-state index contributed by atoms with van der Waals surface area (Å²) in [6, 6.07) is -0.561. The summed E-state index contributed by atoms with van der Waals surface area (Å²) in [5.41, 5.74) is 0.187. The summed E-state index contributed by atoms with van der Waals surface area (Å²) in [7, 11) is 0. The number of amides is 1. The highest BCUT2D eigenvalue weighted by Crippen LogP contribution is 2.45. The third-order valence-electron chi connectivity index (χ3n) is 10.00. The minimum absolute atomic E-state index is 0.00381. The van der Waals surface area contributed by atoms with Gasteiger partial charge in [0, 0.05) is 44.8 Å². The van der Waals surface area contributed by atoms with Crippen molar-refractivity contribution in [3.05, 3.63) is 11.8 Å². The molecule has 0 aromatic heterocycles. The lowest BCUT2D eigenvalue weighted by Gasteiger charge is -2.59. The molecular formula is C30H48FN5O5. The number of ketones is 1. The number of carbonyl (C=O) groups excluding carboxylic acids is 2. The van der Waals surface area contributed by atoms with Gasteiger partial charge >= 0.3 is 0 Å². The predicted molar refractivity (Wildman–Crippen MR) is 151 cm³/mol. The van der Waals surface area contributed by atoms with E-state index in [9.17, 15) is 9.59 Å². The highest BCUT2D eigenvalue weighted by atomic mass is 19.1. The zero-order valence-corrected chi connectivity index (χ0v) is 24.3. The van der Waals surface area contributed by atoms with Crippen molar-refractivity contribution in [2.45, 2.75) is 81.5 Å². The fourth-order valence-corrected chi connectivity index (χ4v) is 7.81. The SMILES string of the molecule is O=C(NCCCN1CCOCC1)C1=CN2C3CCCCC3OC3C(NCCCN4CCOCC4)C(F)CC(C1=O)C32. The maximum Gasteiger partial charge on any atom is 0.256 e. The number of fused-ring (bicyclic) bond motifs is 2.